The summed E-state index contributed by atoms with van der Waals surface area (Å²) in [5.41, 5.74) is 1.19. The molecule has 1 fully saturated rings. The molecule has 0 aliphatic heterocycles. The number of hydrogen-bond acceptors (Lipinski definition) is 6. The first-order chi connectivity index (χ1) is 14.8. The molecule has 0 saturated heterocycles. The van der Waals surface area contributed by atoms with E-state index in [1.54, 1.807) is 24.3 Å². The van der Waals surface area contributed by atoms with Gasteiger partial charge >= 0.3 is 0 Å². The zero-order valence-corrected chi connectivity index (χ0v) is 19.3. The number of rotatable bonds is 8. The zero-order chi connectivity index (χ0) is 22.0. The molecule has 0 bridgehead atoms. The molecule has 31 heavy (non-hydrogen) atoms. The molecule has 1 saturated carbocycles. The first kappa shape index (κ1) is 22.0. The Kier molecular flexibility index (Phi) is 6.47. The molecular weight excluding hydrogens is 479 g/mol. The van der Waals surface area contributed by atoms with Crippen LogP contribution in [0.1, 0.15) is 39.7 Å². The van der Waals surface area contributed by atoms with Crippen molar-refractivity contribution in [1.29, 1.82) is 0 Å². The van der Waals surface area contributed by atoms with Gasteiger partial charge in [-0.3, -0.25) is 9.52 Å². The third kappa shape index (κ3) is 5.54. The highest BCUT2D eigenvalue weighted by atomic mass is 35.5. The number of sulfonamides is 1. The van der Waals surface area contributed by atoms with Crippen molar-refractivity contribution >= 4 is 55.6 Å². The molecule has 0 spiro atoms. The topological polar surface area (TPSA) is 101 Å². The van der Waals surface area contributed by atoms with Crippen molar-refractivity contribution in [3.63, 3.8) is 0 Å². The van der Waals surface area contributed by atoms with Gasteiger partial charge in [0.25, 0.3) is 15.9 Å². The van der Waals surface area contributed by atoms with Crippen LogP contribution in [0.4, 0.5) is 5.13 Å². The second-order valence-corrected chi connectivity index (χ2v) is 10.6. The predicted octanol–water partition coefficient (Wildman–Crippen LogP) is 4.50. The number of nitrogens with one attached hydrogen (secondary N) is 2. The number of hydrogen-bond donors (Lipinski definition) is 2. The van der Waals surface area contributed by atoms with Crippen LogP contribution in [0.15, 0.2) is 47.4 Å². The van der Waals surface area contributed by atoms with Crippen molar-refractivity contribution in [3.8, 4) is 0 Å². The number of carbonyl (C=O) groups excluding carboxylic acids is 1. The fourth-order valence-corrected chi connectivity index (χ4v) is 5.39. The highest BCUT2D eigenvalue weighted by Gasteiger charge is 2.28. The van der Waals surface area contributed by atoms with Gasteiger partial charge in [-0.1, -0.05) is 46.7 Å². The lowest BCUT2D eigenvalue weighted by atomic mass is 10.1. The molecule has 1 amide bonds. The summed E-state index contributed by atoms with van der Waals surface area (Å²) in [5, 5.41) is 12.6. The normalized spacial score (nSPS) is 13.7. The van der Waals surface area contributed by atoms with Gasteiger partial charge < -0.3 is 5.32 Å². The van der Waals surface area contributed by atoms with Crippen molar-refractivity contribution < 1.29 is 13.2 Å². The smallest absolute Gasteiger partial charge is 0.263 e. The Balaban J connectivity index is 1.33. The zero-order valence-electron chi connectivity index (χ0n) is 16.1. The maximum atomic E-state index is 12.6. The Hall–Kier alpha value is -2.20. The van der Waals surface area contributed by atoms with Crippen LogP contribution in [0.3, 0.4) is 0 Å². The van der Waals surface area contributed by atoms with Gasteiger partial charge in [-0.25, -0.2) is 8.42 Å². The summed E-state index contributed by atoms with van der Waals surface area (Å²) < 4.78 is 27.6. The Morgan fingerprint density at radius 2 is 1.84 bits per heavy atom. The van der Waals surface area contributed by atoms with E-state index in [0.29, 0.717) is 34.5 Å². The van der Waals surface area contributed by atoms with E-state index in [-0.39, 0.29) is 15.9 Å². The molecule has 4 rings (SSSR count). The fraction of sp³-hybridized carbons (Fsp3) is 0.250. The molecule has 2 aromatic carbocycles. The number of anilines is 1. The standard InChI is InChI=1S/C20H18Cl2N4O3S2/c21-14-5-8-17(22)16(11-14)18(27)23-10-9-12-1-6-15(7-2-12)31(28,29)26-20-25-24-19(30-20)13-3-4-13/h1-2,5-8,11,13H,3-4,9-10H2,(H,23,27)(H,25,26). The molecule has 0 unspecified atom stereocenters. The molecule has 162 valence electrons. The van der Waals surface area contributed by atoms with Crippen LogP contribution >= 0.6 is 34.5 Å². The van der Waals surface area contributed by atoms with Crippen molar-refractivity contribution in [2.45, 2.75) is 30.1 Å². The maximum absolute atomic E-state index is 12.6. The molecular formula is C20H18Cl2N4O3S2. The van der Waals surface area contributed by atoms with E-state index in [1.165, 1.54) is 29.5 Å². The highest BCUT2D eigenvalue weighted by Crippen LogP contribution is 2.42. The average Bonchev–Trinajstić information content (AvgIpc) is 3.49. The molecule has 0 radical (unpaired) electrons. The quantitative estimate of drug-likeness (QED) is 0.478. The number of aromatic nitrogens is 2. The van der Waals surface area contributed by atoms with Gasteiger partial charge in [0.2, 0.25) is 5.13 Å². The van der Waals surface area contributed by atoms with Gasteiger partial charge in [0.05, 0.1) is 15.5 Å². The molecule has 1 aliphatic carbocycles. The van der Waals surface area contributed by atoms with E-state index in [0.717, 1.165) is 23.4 Å². The lowest BCUT2D eigenvalue weighted by molar-refractivity contribution is 0.0954. The molecule has 1 aromatic heterocycles. The molecule has 3 aromatic rings. The van der Waals surface area contributed by atoms with E-state index in [2.05, 4.69) is 20.2 Å². The summed E-state index contributed by atoms with van der Waals surface area (Å²) in [5.74, 6) is 0.101. The minimum atomic E-state index is -3.74. The van der Waals surface area contributed by atoms with Crippen LogP contribution in [0.5, 0.6) is 0 Å². The van der Waals surface area contributed by atoms with E-state index >= 15 is 0 Å². The van der Waals surface area contributed by atoms with Crippen LogP contribution in [-0.4, -0.2) is 31.1 Å². The second-order valence-electron chi connectivity index (χ2n) is 7.10. The van der Waals surface area contributed by atoms with Gasteiger partial charge in [-0.15, -0.1) is 10.2 Å². The van der Waals surface area contributed by atoms with Crippen molar-refractivity contribution in [2.75, 3.05) is 11.3 Å². The Morgan fingerprint density at radius 1 is 1.10 bits per heavy atom. The van der Waals surface area contributed by atoms with Crippen LogP contribution in [-0.2, 0) is 16.4 Å². The third-order valence-electron chi connectivity index (χ3n) is 4.69. The van der Waals surface area contributed by atoms with Crippen molar-refractivity contribution in [1.82, 2.24) is 15.5 Å². The summed E-state index contributed by atoms with van der Waals surface area (Å²) in [6.45, 7) is 0.362. The third-order valence-corrected chi connectivity index (χ3v) is 7.74. The SMILES string of the molecule is O=C(NCCc1ccc(S(=O)(=O)Nc2nnc(C3CC3)s2)cc1)c1cc(Cl)ccc1Cl. The summed E-state index contributed by atoms with van der Waals surface area (Å²) in [7, 11) is -3.74. The van der Waals surface area contributed by atoms with Gasteiger partial charge in [0, 0.05) is 17.5 Å². The van der Waals surface area contributed by atoms with Gasteiger partial charge in [-0.2, -0.15) is 0 Å². The first-order valence-corrected chi connectivity index (χ1v) is 12.6. The lowest BCUT2D eigenvalue weighted by Gasteiger charge is -2.08. The first-order valence-electron chi connectivity index (χ1n) is 9.50. The fourth-order valence-electron chi connectivity index (χ4n) is 2.87. The minimum absolute atomic E-state index is 0.133. The summed E-state index contributed by atoms with van der Waals surface area (Å²) >= 11 is 13.2. The summed E-state index contributed by atoms with van der Waals surface area (Å²) in [4.78, 5) is 12.4. The van der Waals surface area contributed by atoms with E-state index in [9.17, 15) is 13.2 Å². The predicted molar refractivity (Wildman–Crippen MR) is 122 cm³/mol. The van der Waals surface area contributed by atoms with Crippen molar-refractivity contribution in [2.24, 2.45) is 0 Å². The molecule has 1 heterocycles. The van der Waals surface area contributed by atoms with Crippen LogP contribution in [0.25, 0.3) is 0 Å². The monoisotopic (exact) mass is 496 g/mol. The van der Waals surface area contributed by atoms with E-state index in [4.69, 9.17) is 23.2 Å². The van der Waals surface area contributed by atoms with Gasteiger partial charge in [-0.05, 0) is 55.2 Å². The Morgan fingerprint density at radius 3 is 2.55 bits per heavy atom. The highest BCUT2D eigenvalue weighted by molar-refractivity contribution is 7.93. The number of nitrogens with zero attached hydrogens (tertiary/aromatic N) is 2. The number of amides is 1. The summed E-state index contributed by atoms with van der Waals surface area (Å²) in [6, 6.07) is 11.2. The van der Waals surface area contributed by atoms with Gasteiger partial charge in [0.1, 0.15) is 5.01 Å². The van der Waals surface area contributed by atoms with Crippen LogP contribution in [0, 0.1) is 0 Å². The molecule has 2 N–H and O–H groups in total. The van der Waals surface area contributed by atoms with Crippen LogP contribution in [0.2, 0.25) is 10.0 Å². The molecule has 0 atom stereocenters. The number of carbonyl (C=O) groups is 1. The lowest BCUT2D eigenvalue weighted by Crippen LogP contribution is -2.26. The Labute approximate surface area is 193 Å². The van der Waals surface area contributed by atoms with Gasteiger partial charge in [0.15, 0.2) is 0 Å². The molecule has 1 aliphatic rings. The van der Waals surface area contributed by atoms with E-state index < -0.39 is 10.0 Å². The average molecular weight is 497 g/mol. The van der Waals surface area contributed by atoms with Crippen molar-refractivity contribution in [3.05, 3.63) is 68.6 Å². The largest absolute Gasteiger partial charge is 0.352 e. The second kappa shape index (κ2) is 9.12. The number of benzene rings is 2. The van der Waals surface area contributed by atoms with E-state index in [1.807, 2.05) is 0 Å². The maximum Gasteiger partial charge on any atom is 0.263 e. The molecule has 7 nitrogen and oxygen atoms in total. The van der Waals surface area contributed by atoms with Crippen LogP contribution < -0.4 is 10.0 Å². The minimum Gasteiger partial charge on any atom is -0.352 e. The Bertz CT molecular complexity index is 1210. The molecule has 11 heteroatoms. The number of halogens is 2. The summed E-state index contributed by atoms with van der Waals surface area (Å²) in [6.07, 6.45) is 2.68.